The zero-order valence-corrected chi connectivity index (χ0v) is 3.62. The third-order valence-electron chi connectivity index (χ3n) is 0.177. The summed E-state index contributed by atoms with van der Waals surface area (Å²) in [6, 6.07) is 0.986. The van der Waals surface area contributed by atoms with Crippen LogP contribution in [0.2, 0.25) is 6.04 Å². The lowest BCUT2D eigenvalue weighted by molar-refractivity contribution is 1.76. The Labute approximate surface area is 29.3 Å². The molecule has 0 bridgehead atoms. The number of rotatable bonds is 1. The van der Waals surface area contributed by atoms with Crippen molar-refractivity contribution >= 4 is 15.3 Å². The van der Waals surface area contributed by atoms with Crippen molar-refractivity contribution in [2.24, 2.45) is 0 Å². The van der Waals surface area contributed by atoms with Gasteiger partial charge in [-0.1, -0.05) is 6.92 Å². The molecule has 0 aromatic carbocycles. The zero-order chi connectivity index (χ0) is 3.41. The predicted molar refractivity (Wildman–Crippen MR) is 23.0 cm³/mol. The molecular formula is C3H6Si. The minimum absolute atomic E-state index is 0.779. The van der Waals surface area contributed by atoms with Crippen LogP contribution in [0.1, 0.15) is 0 Å². The molecule has 0 atom stereocenters. The summed E-state index contributed by atoms with van der Waals surface area (Å²) in [4.78, 5) is 0. The zero-order valence-electron chi connectivity index (χ0n) is 2.62. The standard InChI is InChI=1S/C3H6Si/c1-3-4-2/h1-3H2. The predicted octanol–water partition coefficient (Wildman–Crippen LogP) is 0.375. The van der Waals surface area contributed by atoms with Crippen molar-refractivity contribution in [2.75, 3.05) is 0 Å². The highest BCUT2D eigenvalue weighted by atomic mass is 28.2. The van der Waals surface area contributed by atoms with Crippen LogP contribution in [0.5, 0.6) is 0 Å². The molecule has 0 aromatic heterocycles. The molecule has 4 heavy (non-hydrogen) atoms. The van der Waals surface area contributed by atoms with Crippen LogP contribution < -0.4 is 0 Å². The first kappa shape index (κ1) is 4.09. The van der Waals surface area contributed by atoms with Crippen molar-refractivity contribution in [2.45, 2.75) is 6.04 Å². The molecule has 0 aromatic rings. The highest BCUT2D eigenvalue weighted by molar-refractivity contribution is 6.41. The highest BCUT2D eigenvalue weighted by Gasteiger charge is 1.48. The van der Waals surface area contributed by atoms with Gasteiger partial charge in [0.15, 0.2) is 0 Å². The van der Waals surface area contributed by atoms with E-state index in [-0.39, 0.29) is 0 Å². The lowest BCUT2D eigenvalue weighted by atomic mass is 11.0. The Morgan fingerprint density at radius 1 is 1.75 bits per heavy atom. The normalized spacial score (nSPS) is 6.25. The molecule has 0 fully saturated rings. The third kappa shape index (κ3) is 2.09. The Balaban J connectivity index is 2.30. The molecule has 22 valence electrons. The number of hydrogen-bond acceptors (Lipinski definition) is 0. The fourth-order valence-electron chi connectivity index (χ4n) is 0. The van der Waals surface area contributed by atoms with E-state index in [4.69, 9.17) is 0 Å². The lowest BCUT2D eigenvalue weighted by Gasteiger charge is -1.54. The van der Waals surface area contributed by atoms with Gasteiger partial charge in [0.2, 0.25) is 0 Å². The molecule has 0 saturated carbocycles. The van der Waals surface area contributed by atoms with Crippen LogP contribution in [-0.4, -0.2) is 15.3 Å². The van der Waals surface area contributed by atoms with Crippen LogP contribution in [0.25, 0.3) is 0 Å². The fraction of sp³-hybridized carbons (Fsp3) is 0.333. The first-order chi connectivity index (χ1) is 1.91. The molecule has 0 nitrogen and oxygen atoms in total. The van der Waals surface area contributed by atoms with Gasteiger partial charge in [-0.05, 0) is 6.04 Å². The smallest absolute Gasteiger partial charge is 0.0110 e. The van der Waals surface area contributed by atoms with Crippen molar-refractivity contribution in [1.82, 2.24) is 0 Å². The van der Waals surface area contributed by atoms with Crippen molar-refractivity contribution in [3.8, 4) is 0 Å². The highest BCUT2D eigenvalue weighted by Crippen LogP contribution is 1.52. The molecule has 2 radical (unpaired) electrons. The molecule has 0 aliphatic heterocycles. The second-order valence-electron chi connectivity index (χ2n) is 0.500. The van der Waals surface area contributed by atoms with Crippen LogP contribution >= 0.6 is 0 Å². The second kappa shape index (κ2) is 3.09. The van der Waals surface area contributed by atoms with Gasteiger partial charge >= 0.3 is 0 Å². The Hall–Kier alpha value is 0.0869. The summed E-state index contributed by atoms with van der Waals surface area (Å²) in [5, 5.41) is 0. The molecular weight excluding hydrogens is 64.1 g/mol. The van der Waals surface area contributed by atoms with E-state index in [1.807, 2.05) is 0 Å². The fourth-order valence-corrected chi connectivity index (χ4v) is 0. The first-order valence-electron chi connectivity index (χ1n) is 1.21. The summed E-state index contributed by atoms with van der Waals surface area (Å²) in [5.41, 5.74) is 0. The van der Waals surface area contributed by atoms with Crippen LogP contribution in [0.15, 0.2) is 0 Å². The summed E-state index contributed by atoms with van der Waals surface area (Å²) < 4.78 is 0. The minimum Gasteiger partial charge on any atom is -0.118 e. The molecule has 0 aliphatic rings. The van der Waals surface area contributed by atoms with Gasteiger partial charge in [0.05, 0.1) is 0 Å². The largest absolute Gasteiger partial charge is 0.118 e. The summed E-state index contributed by atoms with van der Waals surface area (Å²) in [7, 11) is 0.779. The molecule has 0 saturated heterocycles. The van der Waals surface area contributed by atoms with E-state index in [0.29, 0.717) is 0 Å². The van der Waals surface area contributed by atoms with E-state index in [2.05, 4.69) is 13.1 Å². The molecule has 0 rings (SSSR count). The van der Waals surface area contributed by atoms with Crippen molar-refractivity contribution in [3.63, 3.8) is 0 Å². The van der Waals surface area contributed by atoms with Gasteiger partial charge in [-0.2, -0.15) is 0 Å². The van der Waals surface area contributed by atoms with E-state index < -0.39 is 0 Å². The SMILES string of the molecule is [CH2]C[Si]=C. The summed E-state index contributed by atoms with van der Waals surface area (Å²) >= 11 is 0. The van der Waals surface area contributed by atoms with Gasteiger partial charge < -0.3 is 0 Å². The maximum Gasteiger partial charge on any atom is 0.0110 e. The van der Waals surface area contributed by atoms with Crippen LogP contribution in [-0.2, 0) is 0 Å². The van der Waals surface area contributed by atoms with Gasteiger partial charge in [0.1, 0.15) is 0 Å². The summed E-state index contributed by atoms with van der Waals surface area (Å²) in [6.07, 6.45) is 3.57. The maximum atomic E-state index is 3.57. The molecule has 0 unspecified atom stereocenters. The molecule has 0 N–H and O–H groups in total. The number of hydrogen-bond donors (Lipinski definition) is 0. The van der Waals surface area contributed by atoms with E-state index in [0.717, 1.165) is 15.2 Å². The maximum absolute atomic E-state index is 3.57. The van der Waals surface area contributed by atoms with E-state index in [9.17, 15) is 0 Å². The van der Waals surface area contributed by atoms with Gasteiger partial charge in [0.25, 0.3) is 0 Å². The monoisotopic (exact) mass is 70.0 g/mol. The quantitative estimate of drug-likeness (QED) is 0.391. The van der Waals surface area contributed by atoms with Gasteiger partial charge in [-0.15, -0.1) is 6.17 Å². The Kier molecular flexibility index (Phi) is 3.15. The Morgan fingerprint density at radius 2 is 2.00 bits per heavy atom. The van der Waals surface area contributed by atoms with E-state index >= 15 is 0 Å². The Morgan fingerprint density at radius 3 is 2.00 bits per heavy atom. The van der Waals surface area contributed by atoms with Gasteiger partial charge in [-0.3, -0.25) is 0 Å². The summed E-state index contributed by atoms with van der Waals surface area (Å²) in [6.45, 7) is 3.55. The van der Waals surface area contributed by atoms with Gasteiger partial charge in [0, 0.05) is 9.13 Å². The molecule has 1 heteroatoms. The molecule has 0 amide bonds. The Bertz CT molecular complexity index is 17.2. The topological polar surface area (TPSA) is 0 Å². The summed E-state index contributed by atoms with van der Waals surface area (Å²) in [5.74, 6) is 0. The van der Waals surface area contributed by atoms with Crippen LogP contribution in [0.3, 0.4) is 0 Å². The average molecular weight is 70.2 g/mol. The van der Waals surface area contributed by atoms with Crippen LogP contribution in [0, 0.1) is 6.92 Å². The molecule has 0 spiro atoms. The van der Waals surface area contributed by atoms with Gasteiger partial charge in [-0.25, -0.2) is 0 Å². The molecule has 0 aliphatic carbocycles. The minimum atomic E-state index is 0.779. The second-order valence-corrected chi connectivity index (χ2v) is 1.50. The van der Waals surface area contributed by atoms with Crippen molar-refractivity contribution < 1.29 is 0 Å². The average Bonchev–Trinajstić information content (AvgIpc) is 1.37. The van der Waals surface area contributed by atoms with Crippen LogP contribution in [0.4, 0.5) is 0 Å². The van der Waals surface area contributed by atoms with Crippen molar-refractivity contribution in [1.29, 1.82) is 0 Å². The molecule has 0 heterocycles. The third-order valence-corrected chi connectivity index (χ3v) is 0.530. The van der Waals surface area contributed by atoms with E-state index in [1.165, 1.54) is 0 Å². The first-order valence-corrected chi connectivity index (χ1v) is 2.62. The lowest BCUT2D eigenvalue weighted by Crippen LogP contribution is -1.59. The van der Waals surface area contributed by atoms with E-state index in [1.54, 1.807) is 0 Å². The van der Waals surface area contributed by atoms with Crippen molar-refractivity contribution in [3.05, 3.63) is 6.92 Å².